The first kappa shape index (κ1) is 21.9. The molecular formula is C27H28FN5O. The van der Waals surface area contributed by atoms with E-state index in [9.17, 15) is 9.18 Å². The molecule has 1 aromatic carbocycles. The standard InChI is InChI=1S/C27H28FN5O/c1-15-5-7-21(13-29-15)33-10-9-20(14-33)30-17(3)26-16(2)25(31-18(26)4)12-23-22-11-19(28)6-8-24(22)32-27(23)34/h5-8,11-13,20,30-31H,3,9-10,14H2,1-2,4H3,(H,32,34)/b23-12-. The maximum Gasteiger partial charge on any atom is 0.256 e. The van der Waals surface area contributed by atoms with Crippen molar-refractivity contribution < 1.29 is 9.18 Å². The van der Waals surface area contributed by atoms with Gasteiger partial charge in [0.15, 0.2) is 0 Å². The van der Waals surface area contributed by atoms with Crippen LogP contribution in [0.3, 0.4) is 0 Å². The number of aromatic amines is 1. The summed E-state index contributed by atoms with van der Waals surface area (Å²) in [7, 11) is 0. The van der Waals surface area contributed by atoms with Crippen molar-refractivity contribution >= 4 is 34.6 Å². The van der Waals surface area contributed by atoms with Crippen LogP contribution in [0.4, 0.5) is 15.8 Å². The molecule has 4 heterocycles. The van der Waals surface area contributed by atoms with Gasteiger partial charge in [-0.3, -0.25) is 9.78 Å². The minimum absolute atomic E-state index is 0.234. The summed E-state index contributed by atoms with van der Waals surface area (Å²) in [6, 6.07) is 8.75. The van der Waals surface area contributed by atoms with E-state index in [0.717, 1.165) is 59.1 Å². The van der Waals surface area contributed by atoms with Gasteiger partial charge in [-0.2, -0.15) is 0 Å². The van der Waals surface area contributed by atoms with Crippen LogP contribution in [-0.4, -0.2) is 35.0 Å². The molecule has 5 rings (SSSR count). The van der Waals surface area contributed by atoms with Crippen LogP contribution in [0.5, 0.6) is 0 Å². The van der Waals surface area contributed by atoms with E-state index in [-0.39, 0.29) is 17.8 Å². The number of rotatable bonds is 5. The molecule has 1 atom stereocenters. The van der Waals surface area contributed by atoms with E-state index in [1.165, 1.54) is 12.1 Å². The van der Waals surface area contributed by atoms with E-state index in [0.29, 0.717) is 16.8 Å². The topological polar surface area (TPSA) is 73.0 Å². The molecule has 0 bridgehead atoms. The number of carbonyl (C=O) groups is 1. The number of aryl methyl sites for hydroxylation is 2. The largest absolute Gasteiger partial charge is 0.380 e. The predicted octanol–water partition coefficient (Wildman–Crippen LogP) is 4.81. The number of pyridine rings is 1. The van der Waals surface area contributed by atoms with Gasteiger partial charge in [0.25, 0.3) is 5.91 Å². The predicted molar refractivity (Wildman–Crippen MR) is 135 cm³/mol. The van der Waals surface area contributed by atoms with Gasteiger partial charge in [0.05, 0.1) is 17.5 Å². The number of nitrogens with zero attached hydrogens (tertiary/aromatic N) is 2. The smallest absolute Gasteiger partial charge is 0.256 e. The number of benzene rings is 1. The molecule has 0 radical (unpaired) electrons. The number of halogens is 1. The molecule has 2 aromatic heterocycles. The number of carbonyl (C=O) groups excluding carboxylic acids is 1. The number of aromatic nitrogens is 2. The van der Waals surface area contributed by atoms with Gasteiger partial charge in [-0.25, -0.2) is 4.39 Å². The van der Waals surface area contributed by atoms with Crippen LogP contribution in [0.2, 0.25) is 0 Å². The lowest BCUT2D eigenvalue weighted by Crippen LogP contribution is -2.31. The van der Waals surface area contributed by atoms with Crippen molar-refractivity contribution in [2.75, 3.05) is 23.3 Å². The Morgan fingerprint density at radius 1 is 1.26 bits per heavy atom. The zero-order valence-corrected chi connectivity index (χ0v) is 19.6. The zero-order valence-electron chi connectivity index (χ0n) is 19.6. The quantitative estimate of drug-likeness (QED) is 0.481. The monoisotopic (exact) mass is 457 g/mol. The lowest BCUT2D eigenvalue weighted by Gasteiger charge is -2.20. The normalized spacial score (nSPS) is 18.4. The number of anilines is 2. The van der Waals surface area contributed by atoms with Crippen LogP contribution < -0.4 is 15.5 Å². The first-order valence-corrected chi connectivity index (χ1v) is 11.5. The highest BCUT2D eigenvalue weighted by atomic mass is 19.1. The van der Waals surface area contributed by atoms with Crippen LogP contribution in [0.15, 0.2) is 43.1 Å². The van der Waals surface area contributed by atoms with Crippen molar-refractivity contribution in [3.63, 3.8) is 0 Å². The molecule has 1 fully saturated rings. The third-order valence-electron chi connectivity index (χ3n) is 6.66. The molecule has 0 aliphatic carbocycles. The summed E-state index contributed by atoms with van der Waals surface area (Å²) in [5.74, 6) is -0.603. The first-order chi connectivity index (χ1) is 16.3. The second-order valence-electron chi connectivity index (χ2n) is 9.08. The van der Waals surface area contributed by atoms with Gasteiger partial charge in [-0.1, -0.05) is 6.58 Å². The summed E-state index contributed by atoms with van der Waals surface area (Å²) < 4.78 is 13.8. The molecule has 34 heavy (non-hydrogen) atoms. The van der Waals surface area contributed by atoms with Gasteiger partial charge >= 0.3 is 0 Å². The van der Waals surface area contributed by atoms with Crippen molar-refractivity contribution in [1.29, 1.82) is 0 Å². The first-order valence-electron chi connectivity index (χ1n) is 11.5. The third kappa shape index (κ3) is 3.98. The summed E-state index contributed by atoms with van der Waals surface area (Å²) in [5.41, 5.74) is 8.45. The fourth-order valence-electron chi connectivity index (χ4n) is 4.90. The summed E-state index contributed by atoms with van der Waals surface area (Å²) in [5, 5.41) is 6.40. The van der Waals surface area contributed by atoms with Gasteiger partial charge in [0, 0.05) is 58.7 Å². The highest BCUT2D eigenvalue weighted by molar-refractivity contribution is 6.34. The van der Waals surface area contributed by atoms with Crippen LogP contribution in [0.25, 0.3) is 17.3 Å². The van der Waals surface area contributed by atoms with Crippen molar-refractivity contribution in [3.8, 4) is 0 Å². The van der Waals surface area contributed by atoms with Crippen molar-refractivity contribution in [1.82, 2.24) is 15.3 Å². The molecular weight excluding hydrogens is 429 g/mol. The van der Waals surface area contributed by atoms with Gasteiger partial charge in [0.2, 0.25) is 0 Å². The minimum atomic E-state index is -0.370. The Labute approximate surface area is 198 Å². The van der Waals surface area contributed by atoms with Crippen LogP contribution in [0, 0.1) is 26.6 Å². The molecule has 2 aliphatic rings. The Balaban J connectivity index is 1.34. The summed E-state index contributed by atoms with van der Waals surface area (Å²) in [4.78, 5) is 22.7. The Morgan fingerprint density at radius 2 is 2.09 bits per heavy atom. The van der Waals surface area contributed by atoms with Crippen molar-refractivity contribution in [3.05, 3.63) is 82.7 Å². The average molecular weight is 458 g/mol. The number of hydrogen-bond acceptors (Lipinski definition) is 4. The average Bonchev–Trinajstić information content (AvgIpc) is 3.46. The molecule has 6 nitrogen and oxygen atoms in total. The van der Waals surface area contributed by atoms with Gasteiger partial charge in [0.1, 0.15) is 5.82 Å². The summed E-state index contributed by atoms with van der Waals surface area (Å²) in [6.07, 6.45) is 4.73. The van der Waals surface area contributed by atoms with Crippen molar-refractivity contribution in [2.45, 2.75) is 33.2 Å². The molecule has 2 aliphatic heterocycles. The molecule has 1 amide bonds. The van der Waals surface area contributed by atoms with E-state index < -0.39 is 0 Å². The zero-order chi connectivity index (χ0) is 24.0. The van der Waals surface area contributed by atoms with E-state index in [2.05, 4.69) is 38.1 Å². The van der Waals surface area contributed by atoms with Gasteiger partial charge in [-0.05, 0) is 69.2 Å². The van der Waals surface area contributed by atoms with Gasteiger partial charge in [-0.15, -0.1) is 0 Å². The molecule has 1 unspecified atom stereocenters. The minimum Gasteiger partial charge on any atom is -0.380 e. The second kappa shape index (κ2) is 8.48. The number of hydrogen-bond donors (Lipinski definition) is 3. The molecule has 0 spiro atoms. The summed E-state index contributed by atoms with van der Waals surface area (Å²) >= 11 is 0. The summed E-state index contributed by atoms with van der Waals surface area (Å²) in [6.45, 7) is 12.2. The molecule has 3 aromatic rings. The lowest BCUT2D eigenvalue weighted by atomic mass is 10.0. The maximum atomic E-state index is 13.8. The van der Waals surface area contributed by atoms with E-state index in [1.54, 1.807) is 12.1 Å². The molecule has 3 N–H and O–H groups in total. The van der Waals surface area contributed by atoms with Crippen LogP contribution in [0.1, 0.15) is 40.2 Å². The van der Waals surface area contributed by atoms with Crippen molar-refractivity contribution in [2.24, 2.45) is 0 Å². The van der Waals surface area contributed by atoms with Gasteiger partial charge < -0.3 is 20.5 Å². The Bertz CT molecular complexity index is 1320. The fourth-order valence-corrected chi connectivity index (χ4v) is 4.90. The molecule has 7 heteroatoms. The van der Waals surface area contributed by atoms with E-state index in [4.69, 9.17) is 0 Å². The number of amides is 1. The maximum absolute atomic E-state index is 13.8. The molecule has 0 saturated carbocycles. The number of fused-ring (bicyclic) bond motifs is 1. The fraction of sp³-hybridized carbons (Fsp3) is 0.259. The second-order valence-corrected chi connectivity index (χ2v) is 9.08. The Morgan fingerprint density at radius 3 is 2.85 bits per heavy atom. The van der Waals surface area contributed by atoms with Crippen LogP contribution in [-0.2, 0) is 4.79 Å². The highest BCUT2D eigenvalue weighted by Crippen LogP contribution is 2.35. The highest BCUT2D eigenvalue weighted by Gasteiger charge is 2.27. The molecule has 1 saturated heterocycles. The lowest BCUT2D eigenvalue weighted by molar-refractivity contribution is -0.110. The van der Waals surface area contributed by atoms with Crippen LogP contribution >= 0.6 is 0 Å². The van der Waals surface area contributed by atoms with E-state index in [1.807, 2.05) is 33.0 Å². The number of nitrogens with one attached hydrogen (secondary N) is 3. The molecule has 174 valence electrons. The third-order valence-corrected chi connectivity index (χ3v) is 6.66. The number of H-pyrrole nitrogens is 1. The Hall–Kier alpha value is -3.87. The Kier molecular flexibility index (Phi) is 5.48. The van der Waals surface area contributed by atoms with E-state index >= 15 is 0 Å². The SMILES string of the molecule is C=C(NC1CCN(c2ccc(C)nc2)C1)c1c(C)[nH]c(/C=C2\C(=O)Nc3ccc(F)cc32)c1C.